The second-order valence-electron chi connectivity index (χ2n) is 5.77. The van der Waals surface area contributed by atoms with Gasteiger partial charge in [0.15, 0.2) is 0 Å². The lowest BCUT2D eigenvalue weighted by Crippen LogP contribution is -2.44. The molecule has 0 bridgehead atoms. The number of hydrogen-bond donors (Lipinski definition) is 1. The molecule has 102 valence electrons. The molecule has 0 saturated heterocycles. The fraction of sp³-hybridized carbons (Fsp3) is 0.867. The van der Waals surface area contributed by atoms with Crippen LogP contribution < -0.4 is 5.32 Å². The number of unbranched alkanes of at least 4 members (excludes halogenated alkanes) is 1. The Bertz CT molecular complexity index is 187. The van der Waals surface area contributed by atoms with Crippen molar-refractivity contribution in [2.75, 3.05) is 26.7 Å². The van der Waals surface area contributed by atoms with Crippen LogP contribution in [0.3, 0.4) is 0 Å². The third-order valence-corrected chi connectivity index (χ3v) is 3.16. The number of rotatable bonds is 10. The van der Waals surface area contributed by atoms with Crippen LogP contribution in [0.4, 0.5) is 0 Å². The van der Waals surface area contributed by atoms with E-state index in [1.54, 1.807) is 0 Å². The molecule has 0 heterocycles. The van der Waals surface area contributed by atoms with E-state index in [1.807, 2.05) is 6.08 Å². The smallest absolute Gasteiger partial charge is 0.0240 e. The van der Waals surface area contributed by atoms with Crippen molar-refractivity contribution >= 4 is 0 Å². The largest absolute Gasteiger partial charge is 0.315 e. The molecule has 0 spiro atoms. The van der Waals surface area contributed by atoms with Gasteiger partial charge in [0.2, 0.25) is 0 Å². The van der Waals surface area contributed by atoms with Gasteiger partial charge in [0.05, 0.1) is 0 Å². The van der Waals surface area contributed by atoms with Crippen LogP contribution in [0.15, 0.2) is 12.7 Å². The van der Waals surface area contributed by atoms with Crippen LogP contribution in [-0.2, 0) is 0 Å². The van der Waals surface area contributed by atoms with Gasteiger partial charge in [-0.2, -0.15) is 0 Å². The van der Waals surface area contributed by atoms with Gasteiger partial charge in [0, 0.05) is 12.6 Å². The predicted octanol–water partition coefficient (Wildman–Crippen LogP) is 3.15. The summed E-state index contributed by atoms with van der Waals surface area (Å²) in [6.07, 6.45) is 4.34. The molecule has 0 amide bonds. The number of allylic oxidation sites excluding steroid dienone is 1. The normalized spacial score (nSPS) is 13.6. The molecule has 1 unspecified atom stereocenters. The van der Waals surface area contributed by atoms with E-state index in [0.29, 0.717) is 12.0 Å². The molecule has 0 aliphatic rings. The van der Waals surface area contributed by atoms with Gasteiger partial charge in [-0.3, -0.25) is 0 Å². The molecule has 0 rings (SSSR count). The summed E-state index contributed by atoms with van der Waals surface area (Å²) in [5.41, 5.74) is 0. The molecule has 0 saturated carbocycles. The summed E-state index contributed by atoms with van der Waals surface area (Å²) in [6.45, 7) is 16.3. The summed E-state index contributed by atoms with van der Waals surface area (Å²) in [5, 5.41) is 3.58. The molecule has 0 aromatic rings. The number of likely N-dealkylation sites (N-methyl/N-ethyl adjacent to an activating group) is 1. The third kappa shape index (κ3) is 8.39. The Hall–Kier alpha value is -0.340. The second kappa shape index (κ2) is 9.67. The molecule has 0 aliphatic carbocycles. The van der Waals surface area contributed by atoms with Crippen molar-refractivity contribution in [1.82, 2.24) is 10.2 Å². The van der Waals surface area contributed by atoms with Crippen molar-refractivity contribution in [3.8, 4) is 0 Å². The van der Waals surface area contributed by atoms with Crippen molar-refractivity contribution in [1.29, 1.82) is 0 Å². The van der Waals surface area contributed by atoms with E-state index in [0.717, 1.165) is 32.0 Å². The molecule has 2 heteroatoms. The molecular formula is C15H32N2. The van der Waals surface area contributed by atoms with Crippen LogP contribution in [0.1, 0.15) is 40.5 Å². The maximum atomic E-state index is 3.78. The molecule has 0 aliphatic heterocycles. The quantitative estimate of drug-likeness (QED) is 0.466. The molecule has 1 atom stereocenters. The molecule has 1 N–H and O–H groups in total. The third-order valence-electron chi connectivity index (χ3n) is 3.16. The van der Waals surface area contributed by atoms with Crippen molar-refractivity contribution in [2.24, 2.45) is 11.8 Å². The highest BCUT2D eigenvalue weighted by Crippen LogP contribution is 2.09. The van der Waals surface area contributed by atoms with Crippen molar-refractivity contribution < 1.29 is 0 Å². The monoisotopic (exact) mass is 240 g/mol. The van der Waals surface area contributed by atoms with E-state index >= 15 is 0 Å². The van der Waals surface area contributed by atoms with E-state index in [9.17, 15) is 0 Å². The zero-order valence-corrected chi connectivity index (χ0v) is 12.5. The first-order valence-corrected chi connectivity index (χ1v) is 7.00. The van der Waals surface area contributed by atoms with Gasteiger partial charge in [-0.1, -0.05) is 33.8 Å². The first kappa shape index (κ1) is 16.7. The van der Waals surface area contributed by atoms with Crippen LogP contribution in [0, 0.1) is 11.8 Å². The topological polar surface area (TPSA) is 15.3 Å². The summed E-state index contributed by atoms with van der Waals surface area (Å²) in [4.78, 5) is 2.49. The summed E-state index contributed by atoms with van der Waals surface area (Å²) in [5.74, 6) is 1.43. The zero-order valence-electron chi connectivity index (χ0n) is 12.5. The van der Waals surface area contributed by atoms with Gasteiger partial charge >= 0.3 is 0 Å². The second-order valence-corrected chi connectivity index (χ2v) is 5.77. The summed E-state index contributed by atoms with van der Waals surface area (Å²) >= 11 is 0. The molecule has 2 nitrogen and oxygen atoms in total. The van der Waals surface area contributed by atoms with Gasteiger partial charge in [-0.05, 0) is 44.8 Å². The van der Waals surface area contributed by atoms with Crippen LogP contribution in [0.5, 0.6) is 0 Å². The maximum absolute atomic E-state index is 3.78. The van der Waals surface area contributed by atoms with E-state index in [2.05, 4.69) is 51.5 Å². The average Bonchev–Trinajstić information content (AvgIpc) is 2.23. The number of nitrogens with zero attached hydrogens (tertiary/aromatic N) is 1. The minimum Gasteiger partial charge on any atom is -0.315 e. The first-order valence-electron chi connectivity index (χ1n) is 7.00. The molecule has 0 fully saturated rings. The first-order chi connectivity index (χ1) is 7.99. The summed E-state index contributed by atoms with van der Waals surface area (Å²) in [6, 6.07) is 0.638. The zero-order chi connectivity index (χ0) is 13.3. The lowest BCUT2D eigenvalue weighted by Gasteiger charge is -2.31. The van der Waals surface area contributed by atoms with Gasteiger partial charge in [0.25, 0.3) is 0 Å². The standard InChI is InChI=1S/C15H32N2/c1-7-8-9-10-17(6)15(14(4)5)12-16-11-13(2)3/h7,13-16H,1,8-12H2,2-6H3. The van der Waals surface area contributed by atoms with E-state index in [-0.39, 0.29) is 0 Å². The Morgan fingerprint density at radius 3 is 2.29 bits per heavy atom. The molecule has 0 aromatic carbocycles. The van der Waals surface area contributed by atoms with Crippen LogP contribution in [0.2, 0.25) is 0 Å². The van der Waals surface area contributed by atoms with Gasteiger partial charge in [-0.15, -0.1) is 6.58 Å². The predicted molar refractivity (Wildman–Crippen MR) is 78.4 cm³/mol. The van der Waals surface area contributed by atoms with Crippen LogP contribution >= 0.6 is 0 Å². The lowest BCUT2D eigenvalue weighted by molar-refractivity contribution is 0.184. The van der Waals surface area contributed by atoms with Crippen molar-refractivity contribution in [2.45, 2.75) is 46.6 Å². The maximum Gasteiger partial charge on any atom is 0.0240 e. The minimum absolute atomic E-state index is 0.638. The Balaban J connectivity index is 3.98. The minimum atomic E-state index is 0.638. The molecular weight excluding hydrogens is 208 g/mol. The van der Waals surface area contributed by atoms with Gasteiger partial charge in [-0.25, -0.2) is 0 Å². The SMILES string of the molecule is C=CCCCN(C)C(CNCC(C)C)C(C)C. The summed E-state index contributed by atoms with van der Waals surface area (Å²) in [7, 11) is 2.24. The van der Waals surface area contributed by atoms with Crippen LogP contribution in [0.25, 0.3) is 0 Å². The highest BCUT2D eigenvalue weighted by atomic mass is 15.1. The van der Waals surface area contributed by atoms with Crippen LogP contribution in [-0.4, -0.2) is 37.6 Å². The molecule has 17 heavy (non-hydrogen) atoms. The van der Waals surface area contributed by atoms with Gasteiger partial charge < -0.3 is 10.2 Å². The highest BCUT2D eigenvalue weighted by Gasteiger charge is 2.17. The molecule has 0 radical (unpaired) electrons. The van der Waals surface area contributed by atoms with Gasteiger partial charge in [0.1, 0.15) is 0 Å². The van der Waals surface area contributed by atoms with Crippen molar-refractivity contribution in [3.05, 3.63) is 12.7 Å². The Morgan fingerprint density at radius 1 is 1.18 bits per heavy atom. The lowest BCUT2D eigenvalue weighted by atomic mass is 10.0. The number of nitrogens with one attached hydrogen (secondary N) is 1. The Morgan fingerprint density at radius 2 is 1.82 bits per heavy atom. The average molecular weight is 240 g/mol. The fourth-order valence-electron chi connectivity index (χ4n) is 2.07. The van der Waals surface area contributed by atoms with Crippen molar-refractivity contribution in [3.63, 3.8) is 0 Å². The van der Waals surface area contributed by atoms with E-state index < -0.39 is 0 Å². The molecule has 0 aromatic heterocycles. The Kier molecular flexibility index (Phi) is 9.47. The van der Waals surface area contributed by atoms with E-state index in [1.165, 1.54) is 6.42 Å². The fourth-order valence-corrected chi connectivity index (χ4v) is 2.07. The number of hydrogen-bond acceptors (Lipinski definition) is 2. The Labute approximate surface area is 108 Å². The van der Waals surface area contributed by atoms with E-state index in [4.69, 9.17) is 0 Å². The summed E-state index contributed by atoms with van der Waals surface area (Å²) < 4.78 is 0. The highest BCUT2D eigenvalue weighted by molar-refractivity contribution is 4.76.